The largest absolute Gasteiger partial charge is 0.251 e. The van der Waals surface area contributed by atoms with Crippen LogP contribution in [-0.4, -0.2) is 32.6 Å². The van der Waals surface area contributed by atoms with Crippen LogP contribution >= 0.6 is 0 Å². The average Bonchev–Trinajstić information content (AvgIpc) is 3.31. The minimum Gasteiger partial charge on any atom is -0.251 e. The van der Waals surface area contributed by atoms with E-state index in [1.54, 1.807) is 0 Å². The summed E-state index contributed by atoms with van der Waals surface area (Å²) in [5, 5.41) is 0. The molecule has 0 atom stereocenters. The van der Waals surface area contributed by atoms with Gasteiger partial charge in [-0.3, -0.25) is 9.98 Å². The highest BCUT2D eigenvalue weighted by molar-refractivity contribution is 6.83. The van der Waals surface area contributed by atoms with Gasteiger partial charge in [0, 0.05) is 0 Å². The summed E-state index contributed by atoms with van der Waals surface area (Å²) in [6, 6.07) is 31.3. The third-order valence-electron chi connectivity index (χ3n) is 15.2. The lowest BCUT2D eigenvalue weighted by molar-refractivity contribution is 0.664. The van der Waals surface area contributed by atoms with Crippen LogP contribution in [0.15, 0.2) is 64.6 Å². The molecule has 0 saturated heterocycles. The van der Waals surface area contributed by atoms with E-state index in [4.69, 9.17) is 15.0 Å². The number of hydrogen-bond donors (Lipinski definition) is 0. The van der Waals surface area contributed by atoms with E-state index in [-0.39, 0.29) is 0 Å². The van der Waals surface area contributed by atoms with Crippen LogP contribution in [0.3, 0.4) is 0 Å². The molecule has 0 radical (unpaired) electrons. The number of pyridine rings is 1. The normalized spacial score (nSPS) is 12.7. The monoisotopic (exact) mass is 934 g/mol. The molecule has 0 fully saturated rings. The van der Waals surface area contributed by atoms with Crippen LogP contribution in [0.5, 0.6) is 0 Å². The van der Waals surface area contributed by atoms with Gasteiger partial charge in [-0.15, -0.1) is 0 Å². The third-order valence-corrected chi connectivity index (χ3v) is 25.8. The second kappa shape index (κ2) is 33.8. The Morgan fingerprint density at radius 2 is 0.591 bits per heavy atom. The van der Waals surface area contributed by atoms with E-state index in [2.05, 4.69) is 124 Å². The van der Waals surface area contributed by atoms with Gasteiger partial charge in [0.2, 0.25) is 0 Å². The van der Waals surface area contributed by atoms with E-state index in [1.165, 1.54) is 224 Å². The van der Waals surface area contributed by atoms with Gasteiger partial charge < -0.3 is 0 Å². The Balaban J connectivity index is 2.35. The van der Waals surface area contributed by atoms with Gasteiger partial charge in [-0.05, 0) is 74.2 Å². The lowest BCUT2D eigenvalue weighted by atomic mass is 10.1. The standard InChI is InChI=1S/C61H103N3Si2/c1-11-17-23-29-44-65(45-30-24-18-12-2,46-31-25-19-13-3)50-58(63-60-52(7)38-35-39-53(60)8)56-42-37-43-57(62-56)59(64-61-54(9)40-36-41-55(61)10)51-66(47-32-26-20-14-4,48-33-27-21-15-5)49-34-28-22-16-6/h35-43H,11-34,44-51H2,1-10H3. The topological polar surface area (TPSA) is 37.6 Å². The molecule has 0 spiro atoms. The number of para-hydroxylation sites is 2. The van der Waals surface area contributed by atoms with Crippen LogP contribution in [0.25, 0.3) is 0 Å². The Labute approximate surface area is 411 Å². The molecular formula is C61H103N3Si2. The molecule has 3 aromatic rings. The highest BCUT2D eigenvalue weighted by atomic mass is 28.3. The van der Waals surface area contributed by atoms with Gasteiger partial charge in [0.25, 0.3) is 0 Å². The lowest BCUT2D eigenvalue weighted by Crippen LogP contribution is -2.38. The number of hydrogen-bond acceptors (Lipinski definition) is 3. The van der Waals surface area contributed by atoms with Crippen molar-refractivity contribution in [1.82, 2.24) is 4.98 Å². The molecule has 5 heteroatoms. The van der Waals surface area contributed by atoms with Gasteiger partial charge >= 0.3 is 0 Å². The van der Waals surface area contributed by atoms with Crippen LogP contribution in [0.4, 0.5) is 11.4 Å². The van der Waals surface area contributed by atoms with Crippen molar-refractivity contribution < 1.29 is 0 Å². The van der Waals surface area contributed by atoms with E-state index in [1.807, 2.05) is 0 Å². The van der Waals surface area contributed by atoms with Gasteiger partial charge in [0.05, 0.1) is 50.3 Å². The van der Waals surface area contributed by atoms with E-state index in [0.717, 1.165) is 34.9 Å². The molecule has 0 unspecified atom stereocenters. The molecule has 0 N–H and O–H groups in total. The number of aryl methyl sites for hydroxylation is 4. The summed E-state index contributed by atoms with van der Waals surface area (Å²) in [7, 11) is -3.60. The van der Waals surface area contributed by atoms with Gasteiger partial charge in [-0.25, -0.2) is 4.98 Å². The first-order valence-electron chi connectivity index (χ1n) is 28.4. The maximum Gasteiger partial charge on any atom is 0.0849 e. The summed E-state index contributed by atoms with van der Waals surface area (Å²) in [6.45, 7) is 23.2. The lowest BCUT2D eigenvalue weighted by Gasteiger charge is -2.34. The molecule has 370 valence electrons. The summed E-state index contributed by atoms with van der Waals surface area (Å²) >= 11 is 0. The van der Waals surface area contributed by atoms with Crippen LogP contribution in [0.1, 0.15) is 229 Å². The van der Waals surface area contributed by atoms with Crippen molar-refractivity contribution in [2.75, 3.05) is 0 Å². The molecule has 2 aromatic carbocycles. The highest BCUT2D eigenvalue weighted by Crippen LogP contribution is 2.38. The zero-order valence-electron chi connectivity index (χ0n) is 45.2. The van der Waals surface area contributed by atoms with E-state index in [9.17, 15) is 0 Å². The van der Waals surface area contributed by atoms with Gasteiger partial charge in [0.15, 0.2) is 0 Å². The van der Waals surface area contributed by atoms with Crippen LogP contribution < -0.4 is 0 Å². The van der Waals surface area contributed by atoms with E-state index in [0.29, 0.717) is 0 Å². The minimum atomic E-state index is -1.80. The maximum absolute atomic E-state index is 5.89. The first-order valence-corrected chi connectivity index (χ1v) is 34.0. The van der Waals surface area contributed by atoms with Crippen molar-refractivity contribution in [1.29, 1.82) is 0 Å². The molecule has 0 aliphatic heterocycles. The van der Waals surface area contributed by atoms with Crippen molar-refractivity contribution >= 4 is 38.9 Å². The second-order valence-corrected chi connectivity index (χ2v) is 30.9. The Morgan fingerprint density at radius 3 is 0.833 bits per heavy atom. The van der Waals surface area contributed by atoms with Crippen molar-refractivity contribution in [3.05, 3.63) is 88.2 Å². The van der Waals surface area contributed by atoms with Crippen molar-refractivity contribution in [3.8, 4) is 0 Å². The molecule has 0 amide bonds. The Bertz CT molecular complexity index is 1580. The first-order chi connectivity index (χ1) is 32.1. The molecular weight excluding hydrogens is 831 g/mol. The number of unbranched alkanes of at least 4 members (excludes halogenated alkanes) is 18. The van der Waals surface area contributed by atoms with Gasteiger partial charge in [-0.2, -0.15) is 0 Å². The SMILES string of the molecule is CCCCCC[Si](CCCCCC)(CCCCCC)CC(=Nc1c(C)cccc1C)c1cccc(C(C[Si](CCCCCC)(CCCCCC)CCCCCC)=Nc2c(C)cccc2C)n1. The molecule has 1 heterocycles. The summed E-state index contributed by atoms with van der Waals surface area (Å²) in [6.07, 6.45) is 32.3. The molecule has 1 aromatic heterocycles. The fraction of sp³-hybridized carbons (Fsp3) is 0.689. The second-order valence-electron chi connectivity index (χ2n) is 21.2. The average molecular weight is 935 g/mol. The third kappa shape index (κ3) is 20.9. The number of rotatable bonds is 38. The molecule has 0 bridgehead atoms. The van der Waals surface area contributed by atoms with Crippen molar-refractivity contribution in [2.45, 2.75) is 272 Å². The molecule has 66 heavy (non-hydrogen) atoms. The van der Waals surface area contributed by atoms with Gasteiger partial charge in [0.1, 0.15) is 0 Å². The number of nitrogens with zero attached hydrogens (tertiary/aromatic N) is 3. The van der Waals surface area contributed by atoms with E-state index < -0.39 is 16.1 Å². The fourth-order valence-electron chi connectivity index (χ4n) is 10.9. The predicted octanol–water partition coefficient (Wildman–Crippen LogP) is 20.9. The van der Waals surface area contributed by atoms with Crippen LogP contribution in [-0.2, 0) is 0 Å². The maximum atomic E-state index is 5.89. The van der Waals surface area contributed by atoms with Crippen LogP contribution in [0, 0.1) is 27.7 Å². The zero-order valence-corrected chi connectivity index (χ0v) is 47.2. The zero-order chi connectivity index (χ0) is 47.9. The Kier molecular flexibility index (Phi) is 29.5. The quantitative estimate of drug-likeness (QED) is 0.0320. The molecule has 0 aliphatic rings. The predicted molar refractivity (Wildman–Crippen MR) is 303 cm³/mol. The molecule has 3 nitrogen and oxygen atoms in total. The highest BCUT2D eigenvalue weighted by Gasteiger charge is 2.36. The van der Waals surface area contributed by atoms with Gasteiger partial charge in [-0.1, -0.05) is 274 Å². The Morgan fingerprint density at radius 1 is 0.348 bits per heavy atom. The minimum absolute atomic E-state index is 1.11. The number of aromatic nitrogens is 1. The smallest absolute Gasteiger partial charge is 0.0849 e. The van der Waals surface area contributed by atoms with Crippen molar-refractivity contribution in [3.63, 3.8) is 0 Å². The first kappa shape index (κ1) is 57.7. The summed E-state index contributed by atoms with van der Waals surface area (Å²) in [4.78, 5) is 17.6. The van der Waals surface area contributed by atoms with Crippen molar-refractivity contribution in [2.24, 2.45) is 9.98 Å². The molecule has 3 rings (SSSR count). The number of benzene rings is 2. The summed E-state index contributed by atoms with van der Waals surface area (Å²) in [5.74, 6) is 0. The van der Waals surface area contributed by atoms with Crippen LogP contribution in [0.2, 0.25) is 48.4 Å². The number of aliphatic imine (C=N–C) groups is 2. The fourth-order valence-corrected chi connectivity index (χ4v) is 21.4. The van der Waals surface area contributed by atoms with E-state index >= 15 is 0 Å². The molecule has 0 aliphatic carbocycles. The summed E-state index contributed by atoms with van der Waals surface area (Å²) < 4.78 is 0. The molecule has 0 saturated carbocycles. The Hall–Kier alpha value is -2.64. The summed E-state index contributed by atoms with van der Waals surface area (Å²) in [5.41, 5.74) is 12.1.